The zero-order valence-corrected chi connectivity index (χ0v) is 19.8. The number of carbonyl (C=O) groups excluding carboxylic acids is 1. The van der Waals surface area contributed by atoms with Crippen LogP contribution in [0.25, 0.3) is 0 Å². The van der Waals surface area contributed by atoms with E-state index in [1.54, 1.807) is 26.1 Å². The van der Waals surface area contributed by atoms with Crippen LogP contribution >= 0.6 is 0 Å². The molecule has 1 N–H and O–H groups in total. The Morgan fingerprint density at radius 2 is 1.80 bits per heavy atom. The van der Waals surface area contributed by atoms with Crippen LogP contribution in [-0.4, -0.2) is 48.7 Å². The van der Waals surface area contributed by atoms with Gasteiger partial charge in [0.1, 0.15) is 6.10 Å². The Kier molecular flexibility index (Phi) is 6.22. The number of carbonyl (C=O) groups is 1. The van der Waals surface area contributed by atoms with Crippen molar-refractivity contribution in [1.29, 1.82) is 0 Å². The maximum atomic E-state index is 12.9. The van der Waals surface area contributed by atoms with E-state index in [4.69, 9.17) is 4.74 Å². The largest absolute Gasteiger partial charge is 0.474 e. The van der Waals surface area contributed by atoms with Crippen molar-refractivity contribution >= 4 is 15.9 Å². The number of piperidine rings is 1. The molecule has 8 heteroatoms. The number of likely N-dealkylation sites (tertiary alicyclic amines) is 1. The van der Waals surface area contributed by atoms with Gasteiger partial charge in [0.25, 0.3) is 0 Å². The van der Waals surface area contributed by atoms with Crippen molar-refractivity contribution in [2.75, 3.05) is 13.1 Å². The topological polar surface area (TPSA) is 88.6 Å². The number of rotatable bonds is 7. The van der Waals surface area contributed by atoms with E-state index in [1.165, 1.54) is 0 Å². The molecule has 0 aromatic carbocycles. The highest BCUT2D eigenvalue weighted by Gasteiger charge is 2.68. The van der Waals surface area contributed by atoms with Crippen molar-refractivity contribution in [1.82, 2.24) is 14.6 Å². The maximum Gasteiger partial charge on any atom is 0.226 e. The van der Waals surface area contributed by atoms with E-state index in [0.29, 0.717) is 19.0 Å². The Labute approximate surface area is 180 Å². The summed E-state index contributed by atoms with van der Waals surface area (Å²) in [6.45, 7) is 13.6. The van der Waals surface area contributed by atoms with Gasteiger partial charge in [-0.1, -0.05) is 33.8 Å². The van der Waals surface area contributed by atoms with Gasteiger partial charge in [0.05, 0.1) is 5.25 Å². The Morgan fingerprint density at radius 1 is 1.20 bits per heavy atom. The second-order valence-electron chi connectivity index (χ2n) is 9.94. The third-order valence-electron chi connectivity index (χ3n) is 7.20. The van der Waals surface area contributed by atoms with Crippen molar-refractivity contribution < 1.29 is 17.9 Å². The fourth-order valence-corrected chi connectivity index (χ4v) is 5.00. The number of ether oxygens (including phenoxy) is 1. The zero-order valence-electron chi connectivity index (χ0n) is 18.9. The molecule has 30 heavy (non-hydrogen) atoms. The third kappa shape index (κ3) is 4.49. The molecule has 2 heterocycles. The maximum absolute atomic E-state index is 12.9. The van der Waals surface area contributed by atoms with Gasteiger partial charge in [-0.25, -0.2) is 18.1 Å². The first kappa shape index (κ1) is 23.0. The van der Waals surface area contributed by atoms with Gasteiger partial charge in [-0.05, 0) is 30.2 Å². The summed E-state index contributed by atoms with van der Waals surface area (Å²) in [7, 11) is -3.30. The van der Waals surface area contributed by atoms with Crippen molar-refractivity contribution in [2.24, 2.45) is 16.7 Å². The SMILES string of the molecule is CC(C)S(=O)(=O)NCc1ccc(OC2CCN(C(=O)C3C(C)(C)C3(C)C)CC2)nc1. The molecule has 1 aromatic rings. The minimum Gasteiger partial charge on any atom is -0.474 e. The van der Waals surface area contributed by atoms with Crippen molar-refractivity contribution in [3.63, 3.8) is 0 Å². The quantitative estimate of drug-likeness (QED) is 0.708. The molecule has 2 aliphatic rings. The summed E-state index contributed by atoms with van der Waals surface area (Å²) in [6, 6.07) is 3.59. The monoisotopic (exact) mass is 437 g/mol. The third-order valence-corrected chi connectivity index (χ3v) is 8.99. The van der Waals surface area contributed by atoms with Crippen LogP contribution in [0.5, 0.6) is 5.88 Å². The summed E-state index contributed by atoms with van der Waals surface area (Å²) in [5.41, 5.74) is 0.903. The fraction of sp³-hybridized carbons (Fsp3) is 0.727. The van der Waals surface area contributed by atoms with E-state index >= 15 is 0 Å². The number of nitrogens with one attached hydrogen (secondary N) is 1. The van der Waals surface area contributed by atoms with Crippen LogP contribution in [0, 0.1) is 16.7 Å². The molecule has 0 radical (unpaired) electrons. The van der Waals surface area contributed by atoms with Crippen LogP contribution in [-0.2, 0) is 21.4 Å². The molecule has 2 fully saturated rings. The van der Waals surface area contributed by atoms with Crippen molar-refractivity contribution in [3.8, 4) is 5.88 Å². The predicted octanol–water partition coefficient (Wildman–Crippen LogP) is 2.96. The number of aromatic nitrogens is 1. The molecule has 1 saturated heterocycles. The van der Waals surface area contributed by atoms with E-state index in [9.17, 15) is 13.2 Å². The molecule has 7 nitrogen and oxygen atoms in total. The van der Waals surface area contributed by atoms with E-state index in [2.05, 4.69) is 37.4 Å². The van der Waals surface area contributed by atoms with Gasteiger partial charge in [-0.2, -0.15) is 0 Å². The van der Waals surface area contributed by atoms with Crippen LogP contribution in [0.4, 0.5) is 0 Å². The molecule has 1 aliphatic heterocycles. The molecule has 3 rings (SSSR count). The van der Waals surface area contributed by atoms with Gasteiger partial charge >= 0.3 is 0 Å². The van der Waals surface area contributed by atoms with Gasteiger partial charge in [0, 0.05) is 50.7 Å². The Balaban J connectivity index is 1.47. The van der Waals surface area contributed by atoms with Crippen LogP contribution in [0.15, 0.2) is 18.3 Å². The molecule has 0 atom stereocenters. The normalized spacial score (nSPS) is 21.6. The zero-order chi connectivity index (χ0) is 22.3. The lowest BCUT2D eigenvalue weighted by molar-refractivity contribution is -0.135. The molecule has 1 aromatic heterocycles. The fourth-order valence-electron chi connectivity index (χ4n) is 4.30. The van der Waals surface area contributed by atoms with Gasteiger partial charge in [0.15, 0.2) is 0 Å². The molecule has 1 aliphatic carbocycles. The van der Waals surface area contributed by atoms with Gasteiger partial charge < -0.3 is 9.64 Å². The van der Waals surface area contributed by atoms with E-state index < -0.39 is 15.3 Å². The number of hydrogen-bond donors (Lipinski definition) is 1. The average molecular weight is 438 g/mol. The van der Waals surface area contributed by atoms with Crippen LogP contribution in [0.1, 0.15) is 59.9 Å². The lowest BCUT2D eigenvalue weighted by Crippen LogP contribution is -2.43. The first-order valence-electron chi connectivity index (χ1n) is 10.7. The number of sulfonamides is 1. The number of nitrogens with zero attached hydrogens (tertiary/aromatic N) is 2. The molecule has 0 spiro atoms. The van der Waals surface area contributed by atoms with E-state index in [-0.39, 0.29) is 35.3 Å². The summed E-state index contributed by atoms with van der Waals surface area (Å²) in [5, 5.41) is -0.470. The second kappa shape index (κ2) is 8.11. The highest BCUT2D eigenvalue weighted by Crippen LogP contribution is 2.68. The molecule has 0 bridgehead atoms. The lowest BCUT2D eigenvalue weighted by atomic mass is 10.0. The van der Waals surface area contributed by atoms with Gasteiger partial charge in [-0.3, -0.25) is 4.79 Å². The standard InChI is InChI=1S/C22H35N3O4S/c1-15(2)30(27,28)24-14-16-7-8-18(23-13-16)29-17-9-11-25(12-10-17)20(26)19-21(3,4)22(19,5)6/h7-8,13,15,17,19,24H,9-12,14H2,1-6H3. The lowest BCUT2D eigenvalue weighted by Gasteiger charge is -2.32. The number of amides is 1. The Hall–Kier alpha value is -1.67. The minimum absolute atomic E-state index is 0.0343. The first-order valence-corrected chi connectivity index (χ1v) is 12.3. The van der Waals surface area contributed by atoms with Crippen LogP contribution in [0.3, 0.4) is 0 Å². The average Bonchev–Trinajstić information content (AvgIpc) is 3.09. The first-order chi connectivity index (χ1) is 13.9. The predicted molar refractivity (Wildman–Crippen MR) is 116 cm³/mol. The summed E-state index contributed by atoms with van der Waals surface area (Å²) < 4.78 is 32.2. The Bertz CT molecular complexity index is 856. The molecular formula is C22H35N3O4S. The molecule has 0 unspecified atom stereocenters. The van der Waals surface area contributed by atoms with Crippen LogP contribution in [0.2, 0.25) is 0 Å². The second-order valence-corrected chi connectivity index (χ2v) is 12.3. The smallest absolute Gasteiger partial charge is 0.226 e. The highest BCUT2D eigenvalue weighted by atomic mass is 32.2. The summed E-state index contributed by atoms with van der Waals surface area (Å²) >= 11 is 0. The van der Waals surface area contributed by atoms with Crippen molar-refractivity contribution in [2.45, 2.75) is 72.3 Å². The van der Waals surface area contributed by atoms with Crippen molar-refractivity contribution in [3.05, 3.63) is 23.9 Å². The van der Waals surface area contributed by atoms with E-state index in [1.807, 2.05) is 11.0 Å². The number of hydrogen-bond acceptors (Lipinski definition) is 5. The number of pyridine rings is 1. The minimum atomic E-state index is -3.30. The Morgan fingerprint density at radius 3 is 2.27 bits per heavy atom. The molecule has 1 saturated carbocycles. The summed E-state index contributed by atoms with van der Waals surface area (Å²) in [5.74, 6) is 0.902. The summed E-state index contributed by atoms with van der Waals surface area (Å²) in [4.78, 5) is 19.2. The summed E-state index contributed by atoms with van der Waals surface area (Å²) in [6.07, 6.45) is 3.24. The highest BCUT2D eigenvalue weighted by molar-refractivity contribution is 7.90. The van der Waals surface area contributed by atoms with Gasteiger partial charge in [0.2, 0.25) is 21.8 Å². The van der Waals surface area contributed by atoms with Gasteiger partial charge in [-0.15, -0.1) is 0 Å². The van der Waals surface area contributed by atoms with Crippen LogP contribution < -0.4 is 9.46 Å². The van der Waals surface area contributed by atoms with E-state index in [0.717, 1.165) is 18.4 Å². The molecule has 168 valence electrons. The molecule has 1 amide bonds. The molecular weight excluding hydrogens is 402 g/mol.